The summed E-state index contributed by atoms with van der Waals surface area (Å²) in [5.41, 5.74) is 1.03. The lowest BCUT2D eigenvalue weighted by Crippen LogP contribution is -2.38. The number of hydrogen-bond donors (Lipinski definition) is 2. The number of carbonyl (C=O) groups is 1. The lowest BCUT2D eigenvalue weighted by molar-refractivity contribution is 0.234. The summed E-state index contributed by atoms with van der Waals surface area (Å²) < 4.78 is 32.4. The van der Waals surface area contributed by atoms with Crippen LogP contribution < -0.4 is 10.6 Å². The average molecular weight is 337 g/mol. The van der Waals surface area contributed by atoms with Gasteiger partial charge < -0.3 is 15.1 Å². The first kappa shape index (κ1) is 17.9. The molecule has 2 rings (SSSR count). The Bertz CT molecular complexity index is 696. The Labute approximate surface area is 139 Å². The molecule has 0 unspecified atom stereocenters. The first-order chi connectivity index (χ1) is 11.4. The minimum atomic E-state index is -0.673. The monoisotopic (exact) mass is 337 g/mol. The van der Waals surface area contributed by atoms with Crippen LogP contribution in [-0.2, 0) is 6.54 Å². The molecule has 0 aliphatic rings. The van der Waals surface area contributed by atoms with Gasteiger partial charge in [-0.25, -0.2) is 18.6 Å². The summed E-state index contributed by atoms with van der Waals surface area (Å²) in [5.74, 6) is -0.220. The number of nitrogens with zero attached hydrogens (tertiary/aromatic N) is 1. The van der Waals surface area contributed by atoms with Gasteiger partial charge in [-0.2, -0.15) is 0 Å². The van der Waals surface area contributed by atoms with E-state index in [-0.39, 0.29) is 12.1 Å². The van der Waals surface area contributed by atoms with Crippen molar-refractivity contribution in [3.05, 3.63) is 52.7 Å². The van der Waals surface area contributed by atoms with Gasteiger partial charge in [0.1, 0.15) is 17.4 Å². The quantitative estimate of drug-likeness (QED) is 0.840. The Morgan fingerprint density at radius 3 is 2.67 bits per heavy atom. The topological polar surface area (TPSA) is 67.2 Å². The van der Waals surface area contributed by atoms with E-state index in [2.05, 4.69) is 15.6 Å². The van der Waals surface area contributed by atoms with E-state index in [1.165, 1.54) is 12.1 Å². The van der Waals surface area contributed by atoms with Gasteiger partial charge in [0.25, 0.3) is 0 Å². The molecule has 7 heteroatoms. The van der Waals surface area contributed by atoms with Gasteiger partial charge in [-0.05, 0) is 26.3 Å². The predicted octanol–water partition coefficient (Wildman–Crippen LogP) is 3.91. The average Bonchev–Trinajstić information content (AvgIpc) is 2.83. The van der Waals surface area contributed by atoms with Gasteiger partial charge in [-0.1, -0.05) is 19.4 Å². The van der Waals surface area contributed by atoms with E-state index in [1.807, 2.05) is 13.8 Å². The van der Waals surface area contributed by atoms with Crippen molar-refractivity contribution in [2.75, 3.05) is 0 Å². The fourth-order valence-electron chi connectivity index (χ4n) is 2.36. The first-order valence-corrected chi connectivity index (χ1v) is 7.83. The van der Waals surface area contributed by atoms with Crippen LogP contribution >= 0.6 is 0 Å². The normalized spacial score (nSPS) is 12.0. The molecule has 0 spiro atoms. The van der Waals surface area contributed by atoms with Crippen LogP contribution in [0.1, 0.15) is 48.7 Å². The van der Waals surface area contributed by atoms with Crippen molar-refractivity contribution in [1.29, 1.82) is 0 Å². The van der Waals surface area contributed by atoms with Crippen LogP contribution in [-0.4, -0.2) is 11.0 Å². The Balaban J connectivity index is 2.00. The largest absolute Gasteiger partial charge is 0.444 e. The zero-order chi connectivity index (χ0) is 17.7. The molecule has 0 aliphatic heterocycles. The van der Waals surface area contributed by atoms with Gasteiger partial charge in [0.2, 0.25) is 5.89 Å². The number of aryl methyl sites for hydroxylation is 2. The molecular weight excluding hydrogens is 316 g/mol. The summed E-state index contributed by atoms with van der Waals surface area (Å²) in [7, 11) is 0. The van der Waals surface area contributed by atoms with Crippen molar-refractivity contribution < 1.29 is 18.0 Å². The molecule has 1 aromatic heterocycles. The number of urea groups is 1. The number of hydrogen-bond acceptors (Lipinski definition) is 3. The fourth-order valence-corrected chi connectivity index (χ4v) is 2.36. The Morgan fingerprint density at radius 2 is 2.08 bits per heavy atom. The number of rotatable bonds is 6. The van der Waals surface area contributed by atoms with Crippen molar-refractivity contribution in [3.63, 3.8) is 0 Å². The highest BCUT2D eigenvalue weighted by molar-refractivity contribution is 5.74. The molecule has 1 atom stereocenters. The molecule has 0 fully saturated rings. The molecule has 2 amide bonds. The van der Waals surface area contributed by atoms with Crippen LogP contribution in [0.5, 0.6) is 0 Å². The maximum atomic E-state index is 13.9. The standard InChI is InChI=1S/C17H21F2N3O2/c1-4-5-15(13-7-6-12(18)8-14(13)19)22-17(23)20-9-16-21-10(2)11(3)24-16/h6-8,15H,4-5,9H2,1-3H3,(H2,20,22,23)/t15-/m0/s1. The number of aromatic nitrogens is 1. The van der Waals surface area contributed by atoms with Crippen LogP contribution in [0.2, 0.25) is 0 Å². The minimum absolute atomic E-state index is 0.130. The summed E-state index contributed by atoms with van der Waals surface area (Å²) in [6.45, 7) is 5.66. The van der Waals surface area contributed by atoms with Crippen LogP contribution in [0, 0.1) is 25.5 Å². The molecule has 0 saturated heterocycles. The van der Waals surface area contributed by atoms with E-state index in [1.54, 1.807) is 6.92 Å². The second-order valence-electron chi connectivity index (χ2n) is 5.58. The summed E-state index contributed by atoms with van der Waals surface area (Å²) in [4.78, 5) is 16.2. The lowest BCUT2D eigenvalue weighted by Gasteiger charge is -2.19. The molecule has 0 bridgehead atoms. The highest BCUT2D eigenvalue weighted by atomic mass is 19.1. The third-order valence-electron chi connectivity index (χ3n) is 3.69. The Kier molecular flexibility index (Phi) is 5.89. The smallest absolute Gasteiger partial charge is 0.315 e. The summed E-state index contributed by atoms with van der Waals surface area (Å²) in [6.07, 6.45) is 1.27. The number of nitrogens with one attached hydrogen (secondary N) is 2. The van der Waals surface area contributed by atoms with Gasteiger partial charge >= 0.3 is 6.03 Å². The van der Waals surface area contributed by atoms with E-state index in [0.717, 1.165) is 18.2 Å². The lowest BCUT2D eigenvalue weighted by atomic mass is 10.0. The molecule has 1 aromatic carbocycles. The second-order valence-corrected chi connectivity index (χ2v) is 5.58. The molecule has 0 saturated carbocycles. The summed E-state index contributed by atoms with van der Waals surface area (Å²) in [6, 6.07) is 2.34. The molecule has 1 heterocycles. The van der Waals surface area contributed by atoms with Crippen LogP contribution in [0.3, 0.4) is 0 Å². The van der Waals surface area contributed by atoms with Crippen molar-refractivity contribution in [2.45, 2.75) is 46.2 Å². The van der Waals surface area contributed by atoms with Crippen molar-refractivity contribution in [1.82, 2.24) is 15.6 Å². The first-order valence-electron chi connectivity index (χ1n) is 7.83. The molecular formula is C17H21F2N3O2. The fraction of sp³-hybridized carbons (Fsp3) is 0.412. The zero-order valence-electron chi connectivity index (χ0n) is 14.0. The van der Waals surface area contributed by atoms with Gasteiger partial charge in [0.05, 0.1) is 18.3 Å². The number of carbonyl (C=O) groups excluding carboxylic acids is 1. The predicted molar refractivity (Wildman–Crippen MR) is 85.4 cm³/mol. The maximum absolute atomic E-state index is 13.9. The Morgan fingerprint density at radius 1 is 1.33 bits per heavy atom. The third-order valence-corrected chi connectivity index (χ3v) is 3.69. The highest BCUT2D eigenvalue weighted by Crippen LogP contribution is 2.22. The highest BCUT2D eigenvalue weighted by Gasteiger charge is 2.18. The van der Waals surface area contributed by atoms with Crippen LogP contribution in [0.15, 0.2) is 22.6 Å². The maximum Gasteiger partial charge on any atom is 0.315 e. The van der Waals surface area contributed by atoms with Gasteiger partial charge in [-0.3, -0.25) is 0 Å². The van der Waals surface area contributed by atoms with Gasteiger partial charge in [-0.15, -0.1) is 0 Å². The third kappa shape index (κ3) is 4.53. The number of amides is 2. The molecule has 0 aliphatic carbocycles. The molecule has 5 nitrogen and oxygen atoms in total. The summed E-state index contributed by atoms with van der Waals surface area (Å²) >= 11 is 0. The zero-order valence-corrected chi connectivity index (χ0v) is 14.0. The van der Waals surface area contributed by atoms with Gasteiger partial charge in [0.15, 0.2) is 0 Å². The van der Waals surface area contributed by atoms with Crippen molar-refractivity contribution in [2.24, 2.45) is 0 Å². The number of halogens is 2. The Hall–Kier alpha value is -2.44. The molecule has 24 heavy (non-hydrogen) atoms. The minimum Gasteiger partial charge on any atom is -0.444 e. The number of benzene rings is 1. The molecule has 2 aromatic rings. The van der Waals surface area contributed by atoms with Crippen molar-refractivity contribution in [3.8, 4) is 0 Å². The molecule has 130 valence electrons. The van der Waals surface area contributed by atoms with E-state index < -0.39 is 23.7 Å². The van der Waals surface area contributed by atoms with E-state index in [4.69, 9.17) is 4.42 Å². The van der Waals surface area contributed by atoms with E-state index in [0.29, 0.717) is 18.1 Å². The number of oxazole rings is 1. The molecule has 2 N–H and O–H groups in total. The summed E-state index contributed by atoms with van der Waals surface area (Å²) in [5, 5.41) is 5.33. The van der Waals surface area contributed by atoms with E-state index >= 15 is 0 Å². The van der Waals surface area contributed by atoms with Crippen LogP contribution in [0.25, 0.3) is 0 Å². The molecule has 0 radical (unpaired) electrons. The second kappa shape index (κ2) is 7.90. The van der Waals surface area contributed by atoms with Crippen LogP contribution in [0.4, 0.5) is 13.6 Å². The van der Waals surface area contributed by atoms with E-state index in [9.17, 15) is 13.6 Å². The van der Waals surface area contributed by atoms with Gasteiger partial charge in [0, 0.05) is 11.6 Å². The SMILES string of the molecule is CCC[C@H](NC(=O)NCc1nc(C)c(C)o1)c1ccc(F)cc1F. The van der Waals surface area contributed by atoms with Crippen molar-refractivity contribution >= 4 is 6.03 Å².